The number of hydrogen-bond acceptors (Lipinski definition) is 7. The number of nitrogens with zero attached hydrogens (tertiary/aromatic N) is 5. The van der Waals surface area contributed by atoms with Crippen LogP contribution in [-0.4, -0.2) is 50.1 Å². The molecule has 4 aromatic rings. The standard InChI is InChI=1S/C27H26N6O2/c34-26(31-35)22-12-29-27(30-13-22)33-16-23-24(17-33)25(23)32(15-19-4-3-9-28-11-19)14-18-7-8-20-5-1-2-6-21(20)10-18/h1-13,23-25,35H,14-17H2,(H,31,34). The Labute approximate surface area is 203 Å². The van der Waals surface area contributed by atoms with E-state index in [0.29, 0.717) is 23.8 Å². The highest BCUT2D eigenvalue weighted by Crippen LogP contribution is 2.50. The summed E-state index contributed by atoms with van der Waals surface area (Å²) in [5, 5.41) is 11.3. The number of amides is 1. The lowest BCUT2D eigenvalue weighted by Gasteiger charge is -2.27. The lowest BCUT2D eigenvalue weighted by molar-refractivity contribution is 0.0705. The molecular formula is C27H26N6O2. The first kappa shape index (κ1) is 21.6. The minimum absolute atomic E-state index is 0.233. The third kappa shape index (κ3) is 4.34. The molecule has 6 rings (SSSR count). The van der Waals surface area contributed by atoms with Gasteiger partial charge in [0.15, 0.2) is 0 Å². The van der Waals surface area contributed by atoms with Gasteiger partial charge in [-0.2, -0.15) is 0 Å². The minimum Gasteiger partial charge on any atom is -0.340 e. The van der Waals surface area contributed by atoms with E-state index in [0.717, 1.165) is 26.2 Å². The van der Waals surface area contributed by atoms with Crippen molar-refractivity contribution in [2.24, 2.45) is 11.8 Å². The fourth-order valence-electron chi connectivity index (χ4n) is 5.43. The van der Waals surface area contributed by atoms with Crippen LogP contribution in [-0.2, 0) is 13.1 Å². The van der Waals surface area contributed by atoms with Crippen LogP contribution in [0.25, 0.3) is 10.8 Å². The molecule has 1 aliphatic carbocycles. The summed E-state index contributed by atoms with van der Waals surface area (Å²) in [4.78, 5) is 29.3. The maximum absolute atomic E-state index is 11.5. The molecule has 2 aliphatic rings. The van der Waals surface area contributed by atoms with Gasteiger partial charge in [-0.05, 0) is 45.9 Å². The smallest absolute Gasteiger partial charge is 0.277 e. The summed E-state index contributed by atoms with van der Waals surface area (Å²) >= 11 is 0. The first-order valence-corrected chi connectivity index (χ1v) is 11.8. The van der Waals surface area contributed by atoms with Gasteiger partial charge in [-0.1, -0.05) is 42.5 Å². The fourth-order valence-corrected chi connectivity index (χ4v) is 5.43. The van der Waals surface area contributed by atoms with Crippen LogP contribution in [0, 0.1) is 11.8 Å². The number of aromatic nitrogens is 3. The van der Waals surface area contributed by atoms with Crippen molar-refractivity contribution in [3.05, 3.63) is 96.1 Å². The Bertz CT molecular complexity index is 1330. The van der Waals surface area contributed by atoms with Gasteiger partial charge in [-0.15, -0.1) is 0 Å². The van der Waals surface area contributed by atoms with Crippen LogP contribution < -0.4 is 10.4 Å². The normalized spacial score (nSPS) is 20.7. The van der Waals surface area contributed by atoms with E-state index in [1.165, 1.54) is 34.3 Å². The molecule has 0 bridgehead atoms. The molecule has 2 aromatic heterocycles. The molecule has 2 atom stereocenters. The predicted octanol–water partition coefficient (Wildman–Crippen LogP) is 3.28. The van der Waals surface area contributed by atoms with Crippen LogP contribution in [0.5, 0.6) is 0 Å². The van der Waals surface area contributed by atoms with Gasteiger partial charge in [0.25, 0.3) is 5.91 Å². The van der Waals surface area contributed by atoms with Gasteiger partial charge in [0.2, 0.25) is 5.95 Å². The molecule has 1 saturated carbocycles. The van der Waals surface area contributed by atoms with Gasteiger partial charge < -0.3 is 4.90 Å². The van der Waals surface area contributed by atoms with E-state index in [2.05, 4.69) is 73.3 Å². The second-order valence-electron chi connectivity index (χ2n) is 9.38. The molecule has 2 aromatic carbocycles. The minimum atomic E-state index is -0.611. The van der Waals surface area contributed by atoms with Crippen molar-refractivity contribution < 1.29 is 10.0 Å². The average Bonchev–Trinajstić information content (AvgIpc) is 3.41. The second-order valence-corrected chi connectivity index (χ2v) is 9.38. The molecule has 0 radical (unpaired) electrons. The van der Waals surface area contributed by atoms with Crippen molar-refractivity contribution in [1.29, 1.82) is 0 Å². The van der Waals surface area contributed by atoms with Crippen LogP contribution in [0.4, 0.5) is 5.95 Å². The summed E-state index contributed by atoms with van der Waals surface area (Å²) in [6, 6.07) is 19.9. The van der Waals surface area contributed by atoms with Crippen molar-refractivity contribution >= 4 is 22.6 Å². The molecule has 2 fully saturated rings. The number of carbonyl (C=O) groups excluding carboxylic acids is 1. The number of hydroxylamine groups is 1. The Balaban J connectivity index is 1.18. The molecular weight excluding hydrogens is 440 g/mol. The first-order valence-electron chi connectivity index (χ1n) is 11.8. The van der Waals surface area contributed by atoms with Crippen molar-refractivity contribution in [2.75, 3.05) is 18.0 Å². The highest BCUT2D eigenvalue weighted by Gasteiger charge is 2.58. The number of benzene rings is 2. The lowest BCUT2D eigenvalue weighted by atomic mass is 10.1. The lowest BCUT2D eigenvalue weighted by Crippen LogP contribution is -2.35. The van der Waals surface area contributed by atoms with Crippen molar-refractivity contribution in [2.45, 2.75) is 19.1 Å². The molecule has 3 heterocycles. The van der Waals surface area contributed by atoms with Crippen LogP contribution in [0.15, 0.2) is 79.4 Å². The van der Waals surface area contributed by atoms with Crippen molar-refractivity contribution in [3.8, 4) is 0 Å². The van der Waals surface area contributed by atoms with Gasteiger partial charge in [-0.25, -0.2) is 15.4 Å². The largest absolute Gasteiger partial charge is 0.340 e. The maximum Gasteiger partial charge on any atom is 0.277 e. The molecule has 8 nitrogen and oxygen atoms in total. The average molecular weight is 467 g/mol. The molecule has 2 unspecified atom stereocenters. The third-order valence-electron chi connectivity index (χ3n) is 7.16. The number of carbonyl (C=O) groups is 1. The number of pyridine rings is 1. The summed E-state index contributed by atoms with van der Waals surface area (Å²) in [6.45, 7) is 3.53. The molecule has 35 heavy (non-hydrogen) atoms. The molecule has 1 aliphatic heterocycles. The number of hydrogen-bond donors (Lipinski definition) is 2. The summed E-state index contributed by atoms with van der Waals surface area (Å²) < 4.78 is 0. The Morgan fingerprint density at radius 3 is 2.40 bits per heavy atom. The first-order chi connectivity index (χ1) is 17.2. The Kier molecular flexibility index (Phi) is 5.60. The van der Waals surface area contributed by atoms with Gasteiger partial charge in [0.05, 0.1) is 5.56 Å². The van der Waals surface area contributed by atoms with Gasteiger partial charge in [0, 0.05) is 57.0 Å². The zero-order chi connectivity index (χ0) is 23.8. The van der Waals surface area contributed by atoms with Crippen molar-refractivity contribution in [1.82, 2.24) is 25.3 Å². The van der Waals surface area contributed by atoms with E-state index < -0.39 is 5.91 Å². The highest BCUT2D eigenvalue weighted by molar-refractivity contribution is 5.92. The highest BCUT2D eigenvalue weighted by atomic mass is 16.5. The zero-order valence-corrected chi connectivity index (χ0v) is 19.2. The Morgan fingerprint density at radius 2 is 1.69 bits per heavy atom. The topological polar surface area (TPSA) is 94.5 Å². The van der Waals surface area contributed by atoms with Crippen LogP contribution in [0.1, 0.15) is 21.5 Å². The fraction of sp³-hybridized carbons (Fsp3) is 0.259. The van der Waals surface area contributed by atoms with E-state index in [1.807, 2.05) is 18.5 Å². The van der Waals surface area contributed by atoms with Gasteiger partial charge in [0.1, 0.15) is 0 Å². The zero-order valence-electron chi connectivity index (χ0n) is 19.2. The third-order valence-corrected chi connectivity index (χ3v) is 7.16. The SMILES string of the molecule is O=C(NO)c1cnc(N2CC3C(C2)C3N(Cc2cccnc2)Cc2ccc3ccccc3c2)nc1. The summed E-state index contributed by atoms with van der Waals surface area (Å²) in [7, 11) is 0. The monoisotopic (exact) mass is 466 g/mol. The molecule has 176 valence electrons. The number of nitrogens with one attached hydrogen (secondary N) is 1. The van der Waals surface area contributed by atoms with E-state index in [1.54, 1.807) is 5.48 Å². The van der Waals surface area contributed by atoms with Crippen LogP contribution in [0.3, 0.4) is 0 Å². The Morgan fingerprint density at radius 1 is 0.943 bits per heavy atom. The van der Waals surface area contributed by atoms with Crippen molar-refractivity contribution in [3.63, 3.8) is 0 Å². The number of anilines is 1. The summed E-state index contributed by atoms with van der Waals surface area (Å²) in [5.74, 6) is 1.12. The number of piperidine rings is 1. The summed E-state index contributed by atoms with van der Waals surface area (Å²) in [5.41, 5.74) is 4.38. The van der Waals surface area contributed by atoms with Gasteiger partial charge >= 0.3 is 0 Å². The Hall–Kier alpha value is -3.88. The van der Waals surface area contributed by atoms with E-state index in [4.69, 9.17) is 5.21 Å². The quantitative estimate of drug-likeness (QED) is 0.319. The van der Waals surface area contributed by atoms with Gasteiger partial charge in [-0.3, -0.25) is 19.9 Å². The van der Waals surface area contributed by atoms with Crippen LogP contribution >= 0.6 is 0 Å². The van der Waals surface area contributed by atoms with Crippen LogP contribution in [0.2, 0.25) is 0 Å². The van der Waals surface area contributed by atoms with E-state index in [-0.39, 0.29) is 5.56 Å². The predicted molar refractivity (Wildman–Crippen MR) is 132 cm³/mol. The molecule has 8 heteroatoms. The number of fused-ring (bicyclic) bond motifs is 2. The maximum atomic E-state index is 11.5. The second kappa shape index (κ2) is 9.05. The molecule has 1 saturated heterocycles. The number of rotatable bonds is 7. The van der Waals surface area contributed by atoms with E-state index in [9.17, 15) is 4.79 Å². The van der Waals surface area contributed by atoms with E-state index >= 15 is 0 Å². The molecule has 2 N–H and O–H groups in total. The molecule has 0 spiro atoms. The molecule has 1 amide bonds. The summed E-state index contributed by atoms with van der Waals surface area (Å²) in [6.07, 6.45) is 6.67.